The number of carbonyl (C=O) groups is 1. The smallest absolute Gasteiger partial charge is 0.244 e. The van der Waals surface area contributed by atoms with Crippen molar-refractivity contribution in [2.75, 3.05) is 39.3 Å². The second-order valence-electron chi connectivity index (χ2n) is 5.28. The molecule has 0 spiro atoms. The van der Waals surface area contributed by atoms with Crippen LogP contribution in [-0.2, 0) is 4.79 Å². The van der Waals surface area contributed by atoms with Crippen LogP contribution in [0.15, 0.2) is 24.3 Å². The Morgan fingerprint density at radius 2 is 1.85 bits per heavy atom. The van der Waals surface area contributed by atoms with Crippen molar-refractivity contribution in [3.8, 4) is 0 Å². The Balaban J connectivity index is 1.93. The van der Waals surface area contributed by atoms with Crippen LogP contribution in [0.3, 0.4) is 0 Å². The lowest BCUT2D eigenvalue weighted by Crippen LogP contribution is -2.51. The second-order valence-corrected chi connectivity index (χ2v) is 5.28. The highest BCUT2D eigenvalue weighted by molar-refractivity contribution is 5.83. The summed E-state index contributed by atoms with van der Waals surface area (Å²) in [5.74, 6) is -0.0162. The molecule has 1 saturated heterocycles. The third kappa shape index (κ3) is 3.56. The number of hydrogen-bond donors (Lipinski definition) is 2. The van der Waals surface area contributed by atoms with E-state index in [0.29, 0.717) is 19.6 Å². The first-order chi connectivity index (χ1) is 9.61. The molecular weight excluding hydrogens is 254 g/mol. The lowest BCUT2D eigenvalue weighted by atomic mass is 10.0. The quantitative estimate of drug-likeness (QED) is 0.821. The zero-order valence-corrected chi connectivity index (χ0v) is 12.0. The van der Waals surface area contributed by atoms with E-state index >= 15 is 0 Å². The number of rotatable bonds is 4. The van der Waals surface area contributed by atoms with Crippen molar-refractivity contribution in [1.29, 1.82) is 0 Å². The Kier molecular flexibility index (Phi) is 5.11. The first-order valence-corrected chi connectivity index (χ1v) is 7.06. The van der Waals surface area contributed by atoms with E-state index in [-0.39, 0.29) is 12.5 Å². The van der Waals surface area contributed by atoms with Gasteiger partial charge in [0.25, 0.3) is 0 Å². The minimum atomic E-state index is -0.583. The molecule has 1 aliphatic heterocycles. The average molecular weight is 277 g/mol. The van der Waals surface area contributed by atoms with E-state index in [1.165, 1.54) is 0 Å². The van der Waals surface area contributed by atoms with Gasteiger partial charge in [-0.1, -0.05) is 29.8 Å². The molecule has 1 unspecified atom stereocenters. The van der Waals surface area contributed by atoms with Crippen LogP contribution in [0.2, 0.25) is 0 Å². The van der Waals surface area contributed by atoms with Crippen LogP contribution in [-0.4, -0.2) is 60.1 Å². The number of piperazine rings is 1. The fraction of sp³-hybridized carbons (Fsp3) is 0.533. The predicted molar refractivity (Wildman–Crippen MR) is 78.2 cm³/mol. The molecule has 0 radical (unpaired) electrons. The number of β-amino-alcohol motifs (C(OH)–C–C–N with tert-alkyl or cyclic N) is 1. The summed E-state index contributed by atoms with van der Waals surface area (Å²) >= 11 is 0. The van der Waals surface area contributed by atoms with Gasteiger partial charge in [-0.3, -0.25) is 9.69 Å². The van der Waals surface area contributed by atoms with Gasteiger partial charge in [0.2, 0.25) is 5.91 Å². The van der Waals surface area contributed by atoms with Crippen molar-refractivity contribution in [2.45, 2.75) is 13.0 Å². The summed E-state index contributed by atoms with van der Waals surface area (Å²) in [6.07, 6.45) is 0. The van der Waals surface area contributed by atoms with Crippen molar-refractivity contribution >= 4 is 5.91 Å². The zero-order valence-electron chi connectivity index (χ0n) is 12.0. The highest BCUT2D eigenvalue weighted by Gasteiger charge is 2.25. The average Bonchev–Trinajstić information content (AvgIpc) is 2.48. The number of benzene rings is 1. The van der Waals surface area contributed by atoms with Gasteiger partial charge < -0.3 is 15.7 Å². The van der Waals surface area contributed by atoms with E-state index in [2.05, 4.69) is 4.90 Å². The molecular formula is C15H23N3O2. The van der Waals surface area contributed by atoms with Crippen molar-refractivity contribution in [2.24, 2.45) is 5.73 Å². The van der Waals surface area contributed by atoms with Crippen LogP contribution in [0.1, 0.15) is 17.2 Å². The molecule has 2 rings (SSSR count). The molecule has 5 nitrogen and oxygen atoms in total. The van der Waals surface area contributed by atoms with E-state index in [0.717, 1.165) is 24.2 Å². The summed E-state index contributed by atoms with van der Waals surface area (Å²) < 4.78 is 0. The monoisotopic (exact) mass is 277 g/mol. The van der Waals surface area contributed by atoms with E-state index < -0.39 is 6.04 Å². The molecule has 5 heteroatoms. The number of nitrogens with two attached hydrogens (primary N) is 1. The summed E-state index contributed by atoms with van der Waals surface area (Å²) in [5, 5.41) is 8.91. The summed E-state index contributed by atoms with van der Waals surface area (Å²) in [6, 6.07) is 7.20. The normalized spacial score (nSPS) is 18.1. The summed E-state index contributed by atoms with van der Waals surface area (Å²) in [4.78, 5) is 16.4. The number of hydrogen-bond acceptors (Lipinski definition) is 4. The molecule has 20 heavy (non-hydrogen) atoms. The maximum absolute atomic E-state index is 12.4. The fourth-order valence-electron chi connectivity index (χ4n) is 2.45. The standard InChI is InChI=1S/C15H23N3O2/c1-12-2-4-13(5-3-12)14(16)15(20)18-8-6-17(7-9-18)10-11-19/h2-5,14,19H,6-11,16H2,1H3. The van der Waals surface area contributed by atoms with Crippen molar-refractivity contribution in [1.82, 2.24) is 9.80 Å². The molecule has 0 aromatic heterocycles. The van der Waals surface area contributed by atoms with E-state index in [1.54, 1.807) is 0 Å². The van der Waals surface area contributed by atoms with Gasteiger partial charge in [-0.25, -0.2) is 0 Å². The van der Waals surface area contributed by atoms with Crippen molar-refractivity contribution in [3.63, 3.8) is 0 Å². The summed E-state index contributed by atoms with van der Waals surface area (Å²) in [7, 11) is 0. The Bertz CT molecular complexity index is 439. The molecule has 1 fully saturated rings. The largest absolute Gasteiger partial charge is 0.395 e. The highest BCUT2D eigenvalue weighted by atomic mass is 16.3. The first-order valence-electron chi connectivity index (χ1n) is 7.06. The SMILES string of the molecule is Cc1ccc(C(N)C(=O)N2CCN(CCO)CC2)cc1. The molecule has 0 saturated carbocycles. The van der Waals surface area contributed by atoms with Crippen LogP contribution >= 0.6 is 0 Å². The third-order valence-corrected chi connectivity index (χ3v) is 3.80. The first kappa shape index (κ1) is 15.0. The Labute approximate surface area is 120 Å². The van der Waals surface area contributed by atoms with Crippen LogP contribution in [0, 0.1) is 6.92 Å². The lowest BCUT2D eigenvalue weighted by Gasteiger charge is -2.35. The van der Waals surface area contributed by atoms with Crippen LogP contribution in [0.25, 0.3) is 0 Å². The molecule has 110 valence electrons. The molecule has 3 N–H and O–H groups in total. The topological polar surface area (TPSA) is 69.8 Å². The van der Waals surface area contributed by atoms with Crippen LogP contribution in [0.5, 0.6) is 0 Å². The van der Waals surface area contributed by atoms with Gasteiger partial charge in [0.05, 0.1) is 6.61 Å². The Hall–Kier alpha value is -1.43. The minimum absolute atomic E-state index is 0.0162. The number of aliphatic hydroxyl groups excluding tert-OH is 1. The van der Waals surface area contributed by atoms with Crippen LogP contribution in [0.4, 0.5) is 0 Å². The molecule has 1 atom stereocenters. The molecule has 1 aromatic carbocycles. The number of aryl methyl sites for hydroxylation is 1. The molecule has 0 aliphatic carbocycles. The van der Waals surface area contributed by atoms with Gasteiger partial charge in [0.15, 0.2) is 0 Å². The zero-order chi connectivity index (χ0) is 14.5. The van der Waals surface area contributed by atoms with Gasteiger partial charge in [-0.2, -0.15) is 0 Å². The van der Waals surface area contributed by atoms with Crippen molar-refractivity contribution in [3.05, 3.63) is 35.4 Å². The number of aliphatic hydroxyl groups is 1. The van der Waals surface area contributed by atoms with E-state index in [4.69, 9.17) is 10.8 Å². The number of carbonyl (C=O) groups excluding carboxylic acids is 1. The van der Waals surface area contributed by atoms with Gasteiger partial charge in [0.1, 0.15) is 6.04 Å². The maximum atomic E-state index is 12.4. The van der Waals surface area contributed by atoms with E-state index in [9.17, 15) is 4.79 Å². The fourth-order valence-corrected chi connectivity index (χ4v) is 2.45. The molecule has 1 aromatic rings. The molecule has 1 amide bonds. The van der Waals surface area contributed by atoms with Crippen LogP contribution < -0.4 is 5.73 Å². The van der Waals surface area contributed by atoms with Gasteiger partial charge in [-0.05, 0) is 12.5 Å². The maximum Gasteiger partial charge on any atom is 0.244 e. The van der Waals surface area contributed by atoms with Crippen molar-refractivity contribution < 1.29 is 9.90 Å². The lowest BCUT2D eigenvalue weighted by molar-refractivity contribution is -0.134. The van der Waals surface area contributed by atoms with Gasteiger partial charge >= 0.3 is 0 Å². The summed E-state index contributed by atoms with van der Waals surface area (Å²) in [6.45, 7) is 5.80. The number of amides is 1. The summed E-state index contributed by atoms with van der Waals surface area (Å²) in [5.41, 5.74) is 8.09. The van der Waals surface area contributed by atoms with Gasteiger partial charge in [-0.15, -0.1) is 0 Å². The Morgan fingerprint density at radius 3 is 2.40 bits per heavy atom. The molecule has 1 heterocycles. The predicted octanol–water partition coefficient (Wildman–Crippen LogP) is 0.131. The molecule has 1 aliphatic rings. The third-order valence-electron chi connectivity index (χ3n) is 3.80. The minimum Gasteiger partial charge on any atom is -0.395 e. The van der Waals surface area contributed by atoms with Gasteiger partial charge in [0, 0.05) is 32.7 Å². The molecule has 0 bridgehead atoms. The highest BCUT2D eigenvalue weighted by Crippen LogP contribution is 2.15. The second kappa shape index (κ2) is 6.83. The van der Waals surface area contributed by atoms with E-state index in [1.807, 2.05) is 36.1 Å². The Morgan fingerprint density at radius 1 is 1.25 bits per heavy atom. The number of nitrogens with zero attached hydrogens (tertiary/aromatic N) is 2.